The Morgan fingerprint density at radius 2 is 1.67 bits per heavy atom. The van der Waals surface area contributed by atoms with E-state index in [1.165, 1.54) is 54.7 Å². The van der Waals surface area contributed by atoms with E-state index in [-0.39, 0.29) is 17.1 Å². The van der Waals surface area contributed by atoms with Gasteiger partial charge in [0.15, 0.2) is 0 Å². The van der Waals surface area contributed by atoms with E-state index >= 15 is 0 Å². The van der Waals surface area contributed by atoms with E-state index in [4.69, 9.17) is 0 Å². The van der Waals surface area contributed by atoms with Crippen LogP contribution < -0.4 is 10.6 Å². The van der Waals surface area contributed by atoms with Gasteiger partial charge in [0, 0.05) is 17.6 Å². The van der Waals surface area contributed by atoms with Crippen molar-refractivity contribution >= 4 is 23.1 Å². The summed E-state index contributed by atoms with van der Waals surface area (Å²) in [6.45, 7) is 0. The molecule has 2 N–H and O–H groups in total. The van der Waals surface area contributed by atoms with E-state index < -0.39 is 23.5 Å². The minimum atomic E-state index is -4.51. The molecule has 27 heavy (non-hydrogen) atoms. The average Bonchev–Trinajstić information content (AvgIpc) is 2.63. The molecule has 0 spiro atoms. The Balaban J connectivity index is 1.82. The van der Waals surface area contributed by atoms with Crippen molar-refractivity contribution in [1.82, 2.24) is 4.98 Å². The molecule has 1 heterocycles. The summed E-state index contributed by atoms with van der Waals surface area (Å²) in [4.78, 5) is 16.6. The van der Waals surface area contributed by atoms with Crippen LogP contribution in [0.1, 0.15) is 15.9 Å². The lowest BCUT2D eigenvalue weighted by molar-refractivity contribution is -0.137. The standard InChI is InChI=1S/C19H13F4N3O/c20-13-6-8-14(9-7-13)25-17-16(5-2-10-24-17)18(27)26-15-4-1-3-12(11-15)19(21,22)23/h1-11H,(H,24,25)(H,26,27). The SMILES string of the molecule is O=C(Nc1cccc(C(F)(F)F)c1)c1cccnc1Nc1ccc(F)cc1. The molecule has 0 atom stereocenters. The highest BCUT2D eigenvalue weighted by Crippen LogP contribution is 2.31. The van der Waals surface area contributed by atoms with E-state index in [9.17, 15) is 22.4 Å². The van der Waals surface area contributed by atoms with Gasteiger partial charge in [-0.05, 0) is 54.6 Å². The second kappa shape index (κ2) is 7.45. The van der Waals surface area contributed by atoms with Crippen LogP contribution in [-0.4, -0.2) is 10.9 Å². The normalized spacial score (nSPS) is 11.1. The molecule has 3 rings (SSSR count). The van der Waals surface area contributed by atoms with Crippen LogP contribution >= 0.6 is 0 Å². The van der Waals surface area contributed by atoms with Crippen molar-refractivity contribution < 1.29 is 22.4 Å². The molecule has 1 aromatic heterocycles. The number of hydrogen-bond acceptors (Lipinski definition) is 3. The molecule has 4 nitrogen and oxygen atoms in total. The van der Waals surface area contributed by atoms with Crippen molar-refractivity contribution in [3.8, 4) is 0 Å². The van der Waals surface area contributed by atoms with Gasteiger partial charge in [-0.1, -0.05) is 6.07 Å². The first-order valence-electron chi connectivity index (χ1n) is 7.79. The molecule has 3 aromatic rings. The lowest BCUT2D eigenvalue weighted by Gasteiger charge is -2.12. The number of anilines is 3. The summed E-state index contributed by atoms with van der Waals surface area (Å²) >= 11 is 0. The average molecular weight is 375 g/mol. The van der Waals surface area contributed by atoms with Crippen LogP contribution in [0.25, 0.3) is 0 Å². The number of aromatic nitrogens is 1. The third-order valence-corrected chi connectivity index (χ3v) is 3.61. The van der Waals surface area contributed by atoms with Crippen molar-refractivity contribution in [1.29, 1.82) is 0 Å². The van der Waals surface area contributed by atoms with Gasteiger partial charge in [0.2, 0.25) is 0 Å². The van der Waals surface area contributed by atoms with E-state index in [2.05, 4.69) is 15.6 Å². The number of alkyl halides is 3. The summed E-state index contributed by atoms with van der Waals surface area (Å²) in [5.41, 5.74) is -0.231. The fraction of sp³-hybridized carbons (Fsp3) is 0.0526. The number of nitrogens with one attached hydrogen (secondary N) is 2. The highest BCUT2D eigenvalue weighted by atomic mass is 19.4. The van der Waals surface area contributed by atoms with Gasteiger partial charge < -0.3 is 10.6 Å². The smallest absolute Gasteiger partial charge is 0.340 e. The fourth-order valence-electron chi connectivity index (χ4n) is 2.33. The lowest BCUT2D eigenvalue weighted by atomic mass is 10.1. The van der Waals surface area contributed by atoms with Gasteiger partial charge in [-0.2, -0.15) is 13.2 Å². The molecule has 0 aliphatic rings. The summed E-state index contributed by atoms with van der Waals surface area (Å²) in [7, 11) is 0. The second-order valence-electron chi connectivity index (χ2n) is 5.56. The summed E-state index contributed by atoms with van der Waals surface area (Å²) in [6, 6.07) is 12.8. The molecular formula is C19H13F4N3O. The molecule has 1 amide bonds. The number of nitrogens with zero attached hydrogens (tertiary/aromatic N) is 1. The molecule has 0 saturated carbocycles. The Morgan fingerprint density at radius 1 is 0.926 bits per heavy atom. The summed E-state index contributed by atoms with van der Waals surface area (Å²) in [5, 5.41) is 5.31. The summed E-state index contributed by atoms with van der Waals surface area (Å²) in [6.07, 6.45) is -3.06. The van der Waals surface area contributed by atoms with Crippen molar-refractivity contribution in [3.63, 3.8) is 0 Å². The van der Waals surface area contributed by atoms with Gasteiger partial charge in [-0.25, -0.2) is 9.37 Å². The van der Waals surface area contributed by atoms with Crippen LogP contribution in [-0.2, 0) is 6.18 Å². The quantitative estimate of drug-likeness (QED) is 0.614. The zero-order valence-corrected chi connectivity index (χ0v) is 13.7. The molecule has 0 bridgehead atoms. The molecule has 8 heteroatoms. The Bertz CT molecular complexity index is 956. The molecule has 0 fully saturated rings. The van der Waals surface area contributed by atoms with Gasteiger partial charge in [-0.3, -0.25) is 4.79 Å². The number of halogens is 4. The lowest BCUT2D eigenvalue weighted by Crippen LogP contribution is -2.15. The van der Waals surface area contributed by atoms with Crippen LogP contribution in [0.15, 0.2) is 66.9 Å². The second-order valence-corrected chi connectivity index (χ2v) is 5.56. The highest BCUT2D eigenvalue weighted by molar-refractivity contribution is 6.07. The summed E-state index contributed by atoms with van der Waals surface area (Å²) < 4.78 is 51.4. The molecule has 0 radical (unpaired) electrons. The molecule has 2 aromatic carbocycles. The first-order chi connectivity index (χ1) is 12.8. The zero-order chi connectivity index (χ0) is 19.4. The predicted molar refractivity (Wildman–Crippen MR) is 93.3 cm³/mol. The van der Waals surface area contributed by atoms with Crippen LogP contribution in [0, 0.1) is 5.82 Å². The van der Waals surface area contributed by atoms with Crippen molar-refractivity contribution in [2.24, 2.45) is 0 Å². The van der Waals surface area contributed by atoms with E-state index in [0.717, 1.165) is 12.1 Å². The van der Waals surface area contributed by atoms with Gasteiger partial charge in [-0.15, -0.1) is 0 Å². The Labute approximate surface area is 151 Å². The first-order valence-corrected chi connectivity index (χ1v) is 7.79. The maximum Gasteiger partial charge on any atom is 0.416 e. The van der Waals surface area contributed by atoms with Crippen molar-refractivity contribution in [3.05, 3.63) is 83.8 Å². The van der Waals surface area contributed by atoms with Gasteiger partial charge in [0.05, 0.1) is 11.1 Å². The number of pyridine rings is 1. The Morgan fingerprint density at radius 3 is 2.37 bits per heavy atom. The maximum absolute atomic E-state index is 13.0. The topological polar surface area (TPSA) is 54.0 Å². The van der Waals surface area contributed by atoms with Crippen LogP contribution in [0.2, 0.25) is 0 Å². The number of benzene rings is 2. The maximum atomic E-state index is 13.0. The fourth-order valence-corrected chi connectivity index (χ4v) is 2.33. The molecule has 0 aliphatic heterocycles. The number of carbonyl (C=O) groups is 1. The minimum Gasteiger partial charge on any atom is -0.340 e. The van der Waals surface area contributed by atoms with Crippen LogP contribution in [0.3, 0.4) is 0 Å². The number of amides is 1. The number of hydrogen-bond donors (Lipinski definition) is 2. The van der Waals surface area contributed by atoms with Gasteiger partial charge >= 0.3 is 6.18 Å². The zero-order valence-electron chi connectivity index (χ0n) is 13.7. The number of carbonyl (C=O) groups excluding carboxylic acids is 1. The van der Waals surface area contributed by atoms with E-state index in [1.54, 1.807) is 0 Å². The van der Waals surface area contributed by atoms with E-state index in [1.807, 2.05) is 0 Å². The molecule has 0 aliphatic carbocycles. The summed E-state index contributed by atoms with van der Waals surface area (Å²) in [5.74, 6) is -0.857. The Kier molecular flexibility index (Phi) is 5.07. The van der Waals surface area contributed by atoms with Crippen LogP contribution in [0.4, 0.5) is 34.8 Å². The van der Waals surface area contributed by atoms with Crippen molar-refractivity contribution in [2.75, 3.05) is 10.6 Å². The largest absolute Gasteiger partial charge is 0.416 e. The molecule has 0 saturated heterocycles. The van der Waals surface area contributed by atoms with Crippen LogP contribution in [0.5, 0.6) is 0 Å². The minimum absolute atomic E-state index is 0.00594. The molecule has 138 valence electrons. The highest BCUT2D eigenvalue weighted by Gasteiger charge is 2.30. The number of rotatable bonds is 4. The third kappa shape index (κ3) is 4.60. The third-order valence-electron chi connectivity index (χ3n) is 3.61. The van der Waals surface area contributed by atoms with E-state index in [0.29, 0.717) is 5.69 Å². The monoisotopic (exact) mass is 375 g/mol. The van der Waals surface area contributed by atoms with Gasteiger partial charge in [0.1, 0.15) is 11.6 Å². The molecular weight excluding hydrogens is 362 g/mol. The van der Waals surface area contributed by atoms with Crippen molar-refractivity contribution in [2.45, 2.75) is 6.18 Å². The first kappa shape index (κ1) is 18.4. The molecule has 0 unspecified atom stereocenters. The van der Waals surface area contributed by atoms with Gasteiger partial charge in [0.25, 0.3) is 5.91 Å². The predicted octanol–water partition coefficient (Wildman–Crippen LogP) is 5.24. The Hall–Kier alpha value is -3.42.